The minimum absolute atomic E-state index is 0.0357. The van der Waals surface area contributed by atoms with Gasteiger partial charge in [-0.05, 0) is 19.1 Å². The highest BCUT2D eigenvalue weighted by Crippen LogP contribution is 2.28. The van der Waals surface area contributed by atoms with Crippen LogP contribution in [0.15, 0.2) is 16.3 Å². The molecule has 1 amide bonds. The van der Waals surface area contributed by atoms with Crippen molar-refractivity contribution in [2.75, 3.05) is 4.72 Å². The first-order valence-electron chi connectivity index (χ1n) is 4.94. The molecule has 0 aliphatic carbocycles. The van der Waals surface area contributed by atoms with Crippen molar-refractivity contribution in [1.82, 2.24) is 10.2 Å². The summed E-state index contributed by atoms with van der Waals surface area (Å²) in [5.41, 5.74) is 5.38. The Balaban J connectivity index is 2.41. The molecule has 0 unspecified atom stereocenters. The zero-order valence-electron chi connectivity index (χ0n) is 9.60. The number of amides is 1. The third-order valence-corrected chi connectivity index (χ3v) is 5.30. The van der Waals surface area contributed by atoms with Gasteiger partial charge >= 0.3 is 0 Å². The van der Waals surface area contributed by atoms with E-state index in [9.17, 15) is 13.2 Å². The Hall–Kier alpha value is -1.58. The highest BCUT2D eigenvalue weighted by molar-refractivity contribution is 7.94. The lowest BCUT2D eigenvalue weighted by Crippen LogP contribution is -2.18. The number of aromatic amines is 1. The molecule has 0 spiro atoms. The van der Waals surface area contributed by atoms with Crippen molar-refractivity contribution in [3.8, 4) is 0 Å². The van der Waals surface area contributed by atoms with E-state index in [0.29, 0.717) is 10.0 Å². The molecule has 4 N–H and O–H groups in total. The van der Waals surface area contributed by atoms with E-state index in [1.54, 1.807) is 6.92 Å². The van der Waals surface area contributed by atoms with Crippen molar-refractivity contribution in [3.63, 3.8) is 0 Å². The number of thiophene rings is 1. The Bertz CT molecular complexity index is 734. The van der Waals surface area contributed by atoms with Crippen LogP contribution in [0.3, 0.4) is 0 Å². The minimum atomic E-state index is -3.82. The maximum atomic E-state index is 12.1. The predicted molar refractivity (Wildman–Crippen MR) is 72.0 cm³/mol. The van der Waals surface area contributed by atoms with Gasteiger partial charge in [0.2, 0.25) is 0 Å². The zero-order valence-corrected chi connectivity index (χ0v) is 12.0. The fourth-order valence-electron chi connectivity index (χ4n) is 1.36. The molecule has 2 rings (SSSR count). The first kappa shape index (κ1) is 13.8. The molecule has 2 aromatic rings. The maximum absolute atomic E-state index is 12.1. The van der Waals surface area contributed by atoms with E-state index in [4.69, 9.17) is 17.3 Å². The summed E-state index contributed by atoms with van der Waals surface area (Å²) >= 11 is 6.60. The van der Waals surface area contributed by atoms with Gasteiger partial charge < -0.3 is 5.73 Å². The predicted octanol–water partition coefficient (Wildman–Crippen LogP) is 1.33. The van der Waals surface area contributed by atoms with Gasteiger partial charge in [-0.1, -0.05) is 11.6 Å². The standard InChI is InChI=1S/C9H9ClN4O3S2/c1-4-7(8(9(11)15)13-12-4)14-19(16,17)6-3-2-5(10)18-6/h2-3,14H,1H3,(H2,11,15)(H,12,13). The number of nitrogens with zero attached hydrogens (tertiary/aromatic N) is 1. The number of sulfonamides is 1. The number of anilines is 1. The van der Waals surface area contributed by atoms with Crippen LogP contribution in [0.5, 0.6) is 0 Å². The lowest BCUT2D eigenvalue weighted by Gasteiger charge is -2.06. The number of primary amides is 1. The van der Waals surface area contributed by atoms with Crippen LogP contribution < -0.4 is 10.5 Å². The smallest absolute Gasteiger partial charge is 0.271 e. The molecule has 2 heterocycles. The third-order valence-electron chi connectivity index (χ3n) is 2.23. The summed E-state index contributed by atoms with van der Waals surface area (Å²) in [6, 6.07) is 2.84. The lowest BCUT2D eigenvalue weighted by atomic mass is 10.3. The number of H-pyrrole nitrogens is 1. The van der Waals surface area contributed by atoms with Gasteiger partial charge in [-0.15, -0.1) is 11.3 Å². The second-order valence-corrected chi connectivity index (χ2v) is 7.22. The molecule has 0 atom stereocenters. The van der Waals surface area contributed by atoms with Gasteiger partial charge in [0.15, 0.2) is 5.69 Å². The van der Waals surface area contributed by atoms with E-state index >= 15 is 0 Å². The van der Waals surface area contributed by atoms with Crippen LogP contribution in [0, 0.1) is 6.92 Å². The Morgan fingerprint density at radius 1 is 1.53 bits per heavy atom. The summed E-state index contributed by atoms with van der Waals surface area (Å²) in [6.45, 7) is 1.57. The molecule has 2 aromatic heterocycles. The Kier molecular flexibility index (Phi) is 3.52. The molecule has 7 nitrogen and oxygen atoms in total. The summed E-state index contributed by atoms with van der Waals surface area (Å²) in [4.78, 5) is 11.1. The Labute approximate surface area is 117 Å². The molecule has 0 bridgehead atoms. The average Bonchev–Trinajstić information content (AvgIpc) is 2.87. The number of carbonyl (C=O) groups is 1. The number of hydrogen-bond donors (Lipinski definition) is 3. The molecular weight excluding hydrogens is 312 g/mol. The van der Waals surface area contributed by atoms with Crippen molar-refractivity contribution < 1.29 is 13.2 Å². The normalized spacial score (nSPS) is 11.5. The van der Waals surface area contributed by atoms with Gasteiger partial charge in [0.1, 0.15) is 9.90 Å². The number of aromatic nitrogens is 2. The minimum Gasteiger partial charge on any atom is -0.364 e. The van der Waals surface area contributed by atoms with E-state index in [1.807, 2.05) is 0 Å². The van der Waals surface area contributed by atoms with Crippen LogP contribution >= 0.6 is 22.9 Å². The summed E-state index contributed by atoms with van der Waals surface area (Å²) in [6.07, 6.45) is 0. The van der Waals surface area contributed by atoms with E-state index in [0.717, 1.165) is 11.3 Å². The summed E-state index contributed by atoms with van der Waals surface area (Å²) < 4.78 is 26.8. The fraction of sp³-hybridized carbons (Fsp3) is 0.111. The quantitative estimate of drug-likeness (QED) is 0.787. The Morgan fingerprint density at radius 3 is 2.74 bits per heavy atom. The maximum Gasteiger partial charge on any atom is 0.271 e. The first-order valence-corrected chi connectivity index (χ1v) is 7.62. The second-order valence-electron chi connectivity index (χ2n) is 3.60. The molecule has 0 saturated heterocycles. The highest BCUT2D eigenvalue weighted by atomic mass is 35.5. The number of rotatable bonds is 4. The average molecular weight is 321 g/mol. The van der Waals surface area contributed by atoms with Gasteiger partial charge in [0, 0.05) is 0 Å². The number of carbonyl (C=O) groups excluding carboxylic acids is 1. The van der Waals surface area contributed by atoms with Crippen LogP contribution in [0.4, 0.5) is 5.69 Å². The van der Waals surface area contributed by atoms with Crippen LogP contribution in [0.2, 0.25) is 4.34 Å². The first-order chi connectivity index (χ1) is 8.81. The molecule has 0 fully saturated rings. The molecule has 19 heavy (non-hydrogen) atoms. The number of nitrogens with two attached hydrogens (primary N) is 1. The van der Waals surface area contributed by atoms with E-state index < -0.39 is 15.9 Å². The molecule has 0 aliphatic heterocycles. The van der Waals surface area contributed by atoms with Crippen LogP contribution in [0.25, 0.3) is 0 Å². The lowest BCUT2D eigenvalue weighted by molar-refractivity contribution is 0.0996. The summed E-state index contributed by atoms with van der Waals surface area (Å²) in [5, 5.41) is 6.15. The molecular formula is C9H9ClN4O3S2. The number of nitrogens with one attached hydrogen (secondary N) is 2. The summed E-state index contributed by atoms with van der Waals surface area (Å²) in [5.74, 6) is -0.828. The van der Waals surface area contributed by atoms with Gasteiger partial charge in [0.25, 0.3) is 15.9 Å². The van der Waals surface area contributed by atoms with Crippen molar-refractivity contribution >= 4 is 44.6 Å². The van der Waals surface area contributed by atoms with Crippen LogP contribution in [-0.2, 0) is 10.0 Å². The molecule has 0 aliphatic rings. The van der Waals surface area contributed by atoms with Crippen molar-refractivity contribution in [2.45, 2.75) is 11.1 Å². The van der Waals surface area contributed by atoms with E-state index in [-0.39, 0.29) is 15.6 Å². The molecule has 10 heteroatoms. The molecule has 0 aromatic carbocycles. The van der Waals surface area contributed by atoms with Crippen molar-refractivity contribution in [2.24, 2.45) is 5.73 Å². The number of hydrogen-bond acceptors (Lipinski definition) is 5. The van der Waals surface area contributed by atoms with E-state index in [1.165, 1.54) is 12.1 Å². The van der Waals surface area contributed by atoms with Gasteiger partial charge in [0.05, 0.1) is 10.0 Å². The molecule has 0 saturated carbocycles. The van der Waals surface area contributed by atoms with Crippen LogP contribution in [0.1, 0.15) is 16.2 Å². The van der Waals surface area contributed by atoms with Crippen LogP contribution in [-0.4, -0.2) is 24.5 Å². The van der Waals surface area contributed by atoms with Gasteiger partial charge in [-0.3, -0.25) is 14.6 Å². The third kappa shape index (κ3) is 2.72. The summed E-state index contributed by atoms with van der Waals surface area (Å²) in [7, 11) is -3.82. The SMILES string of the molecule is Cc1[nH]nc(C(N)=O)c1NS(=O)(=O)c1ccc(Cl)s1. The highest BCUT2D eigenvalue weighted by Gasteiger charge is 2.23. The fourth-order valence-corrected chi connectivity index (χ4v) is 3.97. The van der Waals surface area contributed by atoms with Crippen molar-refractivity contribution in [3.05, 3.63) is 27.9 Å². The van der Waals surface area contributed by atoms with Crippen molar-refractivity contribution in [1.29, 1.82) is 0 Å². The molecule has 0 radical (unpaired) electrons. The monoisotopic (exact) mass is 320 g/mol. The zero-order chi connectivity index (χ0) is 14.2. The van der Waals surface area contributed by atoms with Gasteiger partial charge in [-0.25, -0.2) is 8.42 Å². The largest absolute Gasteiger partial charge is 0.364 e. The number of aryl methyl sites for hydroxylation is 1. The Morgan fingerprint density at radius 2 is 2.21 bits per heavy atom. The van der Waals surface area contributed by atoms with E-state index in [2.05, 4.69) is 14.9 Å². The number of halogens is 1. The molecule has 102 valence electrons. The topological polar surface area (TPSA) is 118 Å². The second kappa shape index (κ2) is 4.83. The van der Waals surface area contributed by atoms with Gasteiger partial charge in [-0.2, -0.15) is 5.10 Å².